The molecular formula is C18H22FNO5. The van der Waals surface area contributed by atoms with Crippen molar-refractivity contribution in [3.63, 3.8) is 0 Å². The Bertz CT molecular complexity index is 581. The third-order valence-corrected chi connectivity index (χ3v) is 3.61. The highest BCUT2D eigenvalue weighted by molar-refractivity contribution is 5.95. The third kappa shape index (κ3) is 8.76. The molecule has 0 amide bonds. The molecule has 1 aromatic carbocycles. The van der Waals surface area contributed by atoms with Gasteiger partial charge in [-0.3, -0.25) is 9.69 Å². The molecule has 136 valence electrons. The normalized spacial score (nSPS) is 15.4. The molecule has 1 heterocycles. The first kappa shape index (κ1) is 20.5. The molecule has 6 nitrogen and oxygen atoms in total. The van der Waals surface area contributed by atoms with E-state index in [0.29, 0.717) is 30.6 Å². The average Bonchev–Trinajstić information content (AvgIpc) is 3.13. The summed E-state index contributed by atoms with van der Waals surface area (Å²) >= 11 is 0. The van der Waals surface area contributed by atoms with Crippen molar-refractivity contribution in [2.24, 2.45) is 0 Å². The molecule has 0 radical (unpaired) electrons. The number of nitrogens with zero attached hydrogens (tertiary/aromatic N) is 1. The number of carboxylic acid groups (broad SMARTS) is 2. The highest BCUT2D eigenvalue weighted by Crippen LogP contribution is 2.17. The lowest BCUT2D eigenvalue weighted by Crippen LogP contribution is -2.29. The maximum absolute atomic E-state index is 13.8. The molecule has 0 bridgehead atoms. The molecule has 1 fully saturated rings. The van der Waals surface area contributed by atoms with Crippen LogP contribution in [0, 0.1) is 0 Å². The van der Waals surface area contributed by atoms with Crippen LogP contribution in [0.1, 0.15) is 36.0 Å². The number of hydrogen-bond donors (Lipinski definition) is 2. The molecule has 0 spiro atoms. The van der Waals surface area contributed by atoms with Crippen LogP contribution in [0.25, 0.3) is 0 Å². The first-order valence-electron chi connectivity index (χ1n) is 8.00. The van der Waals surface area contributed by atoms with Crippen molar-refractivity contribution >= 4 is 17.7 Å². The van der Waals surface area contributed by atoms with Crippen LogP contribution < -0.4 is 0 Å². The molecule has 1 saturated heterocycles. The fourth-order valence-corrected chi connectivity index (χ4v) is 2.37. The van der Waals surface area contributed by atoms with E-state index in [1.807, 2.05) is 23.1 Å². The smallest absolute Gasteiger partial charge is 0.328 e. The van der Waals surface area contributed by atoms with Gasteiger partial charge in [0.15, 0.2) is 12.1 Å². The number of rotatable bonds is 7. The van der Waals surface area contributed by atoms with Gasteiger partial charge in [-0.15, -0.1) is 0 Å². The Morgan fingerprint density at radius 2 is 1.56 bits per heavy atom. The predicted molar refractivity (Wildman–Crippen MR) is 90.1 cm³/mol. The van der Waals surface area contributed by atoms with Gasteiger partial charge >= 0.3 is 11.9 Å². The molecule has 1 unspecified atom stereocenters. The lowest BCUT2D eigenvalue weighted by molar-refractivity contribution is -0.134. The molecule has 7 heteroatoms. The molecule has 0 aromatic heterocycles. The van der Waals surface area contributed by atoms with E-state index in [2.05, 4.69) is 0 Å². The number of carbonyl (C=O) groups is 3. The summed E-state index contributed by atoms with van der Waals surface area (Å²) in [5.74, 6) is -2.48. The second kappa shape index (κ2) is 11.1. The minimum atomic E-state index is -1.26. The zero-order valence-electron chi connectivity index (χ0n) is 13.8. The Morgan fingerprint density at radius 1 is 1.04 bits per heavy atom. The zero-order valence-corrected chi connectivity index (χ0v) is 13.8. The minimum Gasteiger partial charge on any atom is -0.478 e. The SMILES string of the molecule is O=C(CCC(F)N1CCCC1)c1ccccc1.O=C(O)/C=C\C(=O)O. The lowest BCUT2D eigenvalue weighted by Gasteiger charge is -2.19. The number of ketones is 1. The second-order valence-electron chi connectivity index (χ2n) is 5.52. The Kier molecular flexibility index (Phi) is 9.10. The van der Waals surface area contributed by atoms with E-state index in [0.717, 1.165) is 25.9 Å². The quantitative estimate of drug-likeness (QED) is 0.446. The molecule has 25 heavy (non-hydrogen) atoms. The maximum atomic E-state index is 13.8. The highest BCUT2D eigenvalue weighted by Gasteiger charge is 2.21. The van der Waals surface area contributed by atoms with Gasteiger partial charge in [-0.05, 0) is 19.3 Å². The van der Waals surface area contributed by atoms with Crippen molar-refractivity contribution in [1.82, 2.24) is 4.90 Å². The Hall–Kier alpha value is -2.54. The number of carboxylic acids is 2. The number of alkyl halides is 1. The van der Waals surface area contributed by atoms with E-state index in [1.54, 1.807) is 12.1 Å². The van der Waals surface area contributed by atoms with Crippen LogP contribution in [-0.4, -0.2) is 52.2 Å². The third-order valence-electron chi connectivity index (χ3n) is 3.61. The van der Waals surface area contributed by atoms with Gasteiger partial charge in [0.1, 0.15) is 0 Å². The van der Waals surface area contributed by atoms with Gasteiger partial charge in [0.05, 0.1) is 0 Å². The molecule has 1 atom stereocenters. The summed E-state index contributed by atoms with van der Waals surface area (Å²) < 4.78 is 13.8. The predicted octanol–water partition coefficient (Wildman–Crippen LogP) is 2.75. The molecule has 1 aliphatic heterocycles. The summed E-state index contributed by atoms with van der Waals surface area (Å²) in [5.41, 5.74) is 0.682. The highest BCUT2D eigenvalue weighted by atomic mass is 19.1. The van der Waals surface area contributed by atoms with Crippen molar-refractivity contribution in [2.75, 3.05) is 13.1 Å². The fourth-order valence-electron chi connectivity index (χ4n) is 2.37. The average molecular weight is 351 g/mol. The largest absolute Gasteiger partial charge is 0.478 e. The maximum Gasteiger partial charge on any atom is 0.328 e. The van der Waals surface area contributed by atoms with Gasteiger partial charge in [-0.1, -0.05) is 30.3 Å². The number of likely N-dealkylation sites (tertiary alicyclic amines) is 1. The number of carbonyl (C=O) groups excluding carboxylic acids is 1. The van der Waals surface area contributed by atoms with Gasteiger partial charge in [-0.25, -0.2) is 14.0 Å². The molecule has 2 N–H and O–H groups in total. The van der Waals surface area contributed by atoms with Crippen molar-refractivity contribution in [3.05, 3.63) is 48.0 Å². The van der Waals surface area contributed by atoms with Crippen LogP contribution in [0.5, 0.6) is 0 Å². The minimum absolute atomic E-state index is 0.0347. The Morgan fingerprint density at radius 3 is 2.04 bits per heavy atom. The molecule has 1 aliphatic rings. The van der Waals surface area contributed by atoms with Gasteiger partial charge in [0.25, 0.3) is 0 Å². The van der Waals surface area contributed by atoms with Crippen molar-refractivity contribution in [2.45, 2.75) is 32.0 Å². The number of aliphatic carboxylic acids is 2. The number of hydrogen-bond acceptors (Lipinski definition) is 4. The molecule has 1 aromatic rings. The molecule has 0 saturated carbocycles. The van der Waals surface area contributed by atoms with E-state index in [1.165, 1.54) is 0 Å². The van der Waals surface area contributed by atoms with E-state index >= 15 is 0 Å². The summed E-state index contributed by atoms with van der Waals surface area (Å²) in [6, 6.07) is 9.11. The van der Waals surface area contributed by atoms with Crippen molar-refractivity contribution in [3.8, 4) is 0 Å². The fraction of sp³-hybridized carbons (Fsp3) is 0.389. The topological polar surface area (TPSA) is 94.9 Å². The van der Waals surface area contributed by atoms with E-state index in [4.69, 9.17) is 10.2 Å². The number of halogens is 1. The summed E-state index contributed by atoms with van der Waals surface area (Å²) in [4.78, 5) is 32.7. The standard InChI is InChI=1S/C14H18FNO.C4H4O4/c15-14(16-10-4-5-11-16)9-8-13(17)12-6-2-1-3-7-12;5-3(6)1-2-4(7)8/h1-3,6-7,14H,4-5,8-11H2;1-2H,(H,5,6)(H,7,8)/b;2-1-. The lowest BCUT2D eigenvalue weighted by atomic mass is 10.1. The first-order chi connectivity index (χ1) is 11.9. The van der Waals surface area contributed by atoms with Crippen LogP contribution in [0.15, 0.2) is 42.5 Å². The Balaban J connectivity index is 0.000000333. The Labute approximate surface area is 145 Å². The summed E-state index contributed by atoms with van der Waals surface area (Å²) in [7, 11) is 0. The van der Waals surface area contributed by atoms with Crippen molar-refractivity contribution < 1.29 is 29.0 Å². The van der Waals surface area contributed by atoms with E-state index in [9.17, 15) is 18.8 Å². The van der Waals surface area contributed by atoms with Gasteiger partial charge < -0.3 is 10.2 Å². The first-order valence-corrected chi connectivity index (χ1v) is 8.00. The summed E-state index contributed by atoms with van der Waals surface area (Å²) in [6.45, 7) is 1.67. The number of benzene rings is 1. The number of Topliss-reactive ketones (excluding diaryl/α,β-unsaturated/α-hetero) is 1. The molecule has 0 aliphatic carbocycles. The summed E-state index contributed by atoms with van der Waals surface area (Å²) in [5, 5.41) is 15.6. The van der Waals surface area contributed by atoms with Crippen LogP contribution in [0.4, 0.5) is 4.39 Å². The zero-order chi connectivity index (χ0) is 18.7. The van der Waals surface area contributed by atoms with E-state index < -0.39 is 18.2 Å². The van der Waals surface area contributed by atoms with Crippen LogP contribution in [0.3, 0.4) is 0 Å². The molecule has 2 rings (SSSR count). The van der Waals surface area contributed by atoms with Gasteiger partial charge in [0.2, 0.25) is 0 Å². The van der Waals surface area contributed by atoms with Crippen LogP contribution in [0.2, 0.25) is 0 Å². The van der Waals surface area contributed by atoms with Crippen LogP contribution in [-0.2, 0) is 9.59 Å². The van der Waals surface area contributed by atoms with Crippen LogP contribution >= 0.6 is 0 Å². The molecular weight excluding hydrogens is 329 g/mol. The van der Waals surface area contributed by atoms with Gasteiger partial charge in [0, 0.05) is 37.2 Å². The second-order valence-corrected chi connectivity index (χ2v) is 5.52. The summed E-state index contributed by atoms with van der Waals surface area (Å²) in [6.07, 6.45) is 2.92. The van der Waals surface area contributed by atoms with Crippen molar-refractivity contribution in [1.29, 1.82) is 0 Å². The van der Waals surface area contributed by atoms with Gasteiger partial charge in [-0.2, -0.15) is 0 Å². The monoisotopic (exact) mass is 351 g/mol. The van der Waals surface area contributed by atoms with E-state index in [-0.39, 0.29) is 5.78 Å².